The van der Waals surface area contributed by atoms with E-state index in [1.54, 1.807) is 7.11 Å². The van der Waals surface area contributed by atoms with Crippen LogP contribution in [0.15, 0.2) is 72.8 Å². The van der Waals surface area contributed by atoms with Crippen LogP contribution >= 0.6 is 12.2 Å². The number of ether oxygens (including phenoxy) is 2. The van der Waals surface area contributed by atoms with Gasteiger partial charge in [0.15, 0.2) is 5.11 Å². The molecule has 0 bridgehead atoms. The Morgan fingerprint density at radius 2 is 1.59 bits per heavy atom. The minimum atomic E-state index is 0.662. The summed E-state index contributed by atoms with van der Waals surface area (Å²) in [5.41, 5.74) is 4.30. The summed E-state index contributed by atoms with van der Waals surface area (Å²) in [5.74, 6) is 1.71. The normalized spacial score (nSPS) is 13.6. The largest absolute Gasteiger partial charge is 0.495 e. The number of para-hydroxylation sites is 2. The average Bonchev–Trinajstić information content (AvgIpc) is 2.85. The summed E-state index contributed by atoms with van der Waals surface area (Å²) in [7, 11) is 1.68. The number of hydrogen-bond acceptors (Lipinski definition) is 4. The highest BCUT2D eigenvalue weighted by atomic mass is 32.1. The van der Waals surface area contributed by atoms with Gasteiger partial charge in [-0.1, -0.05) is 48.5 Å². The molecule has 0 spiro atoms. The van der Waals surface area contributed by atoms with Crippen LogP contribution in [0.2, 0.25) is 0 Å². The van der Waals surface area contributed by atoms with E-state index in [0.29, 0.717) is 11.7 Å². The molecule has 1 N–H and O–H groups in total. The first-order valence-electron chi connectivity index (χ1n) is 11.0. The number of methoxy groups -OCH3 is 1. The van der Waals surface area contributed by atoms with E-state index in [0.717, 1.165) is 60.2 Å². The Bertz CT molecular complexity index is 1050. The van der Waals surface area contributed by atoms with E-state index >= 15 is 0 Å². The van der Waals surface area contributed by atoms with Crippen molar-refractivity contribution in [2.75, 3.05) is 50.1 Å². The quantitative estimate of drug-likeness (QED) is 0.518. The molecule has 0 radical (unpaired) electrons. The van der Waals surface area contributed by atoms with E-state index < -0.39 is 0 Å². The lowest BCUT2D eigenvalue weighted by Crippen LogP contribution is -2.50. The van der Waals surface area contributed by atoms with Crippen LogP contribution < -0.4 is 19.7 Å². The molecule has 1 aliphatic heterocycles. The third-order valence-corrected chi connectivity index (χ3v) is 5.98. The fourth-order valence-corrected chi connectivity index (χ4v) is 4.25. The number of anilines is 2. The molecule has 166 valence electrons. The highest BCUT2D eigenvalue weighted by molar-refractivity contribution is 7.80. The van der Waals surface area contributed by atoms with Gasteiger partial charge in [0.05, 0.1) is 25.1 Å². The van der Waals surface area contributed by atoms with Crippen molar-refractivity contribution in [2.45, 2.75) is 6.92 Å². The molecule has 6 heteroatoms. The van der Waals surface area contributed by atoms with Crippen molar-refractivity contribution in [3.8, 4) is 22.6 Å². The number of rotatable bonds is 6. The number of piperazine rings is 1. The molecular weight excluding hydrogens is 418 g/mol. The van der Waals surface area contributed by atoms with Crippen LogP contribution in [0.3, 0.4) is 0 Å². The van der Waals surface area contributed by atoms with Gasteiger partial charge in [0.25, 0.3) is 0 Å². The summed E-state index contributed by atoms with van der Waals surface area (Å²) in [5, 5.41) is 4.13. The van der Waals surface area contributed by atoms with Crippen LogP contribution in [0.1, 0.15) is 6.92 Å². The fourth-order valence-electron chi connectivity index (χ4n) is 3.96. The molecule has 4 rings (SSSR count). The van der Waals surface area contributed by atoms with Gasteiger partial charge in [-0.25, -0.2) is 0 Å². The molecule has 0 atom stereocenters. The second-order valence-corrected chi connectivity index (χ2v) is 7.97. The molecule has 3 aromatic rings. The van der Waals surface area contributed by atoms with Crippen LogP contribution in [0.25, 0.3) is 11.1 Å². The Morgan fingerprint density at radius 1 is 0.875 bits per heavy atom. The zero-order valence-corrected chi connectivity index (χ0v) is 19.4. The fraction of sp³-hybridized carbons (Fsp3) is 0.269. The van der Waals surface area contributed by atoms with Gasteiger partial charge in [0.1, 0.15) is 11.5 Å². The maximum absolute atomic E-state index is 5.81. The topological polar surface area (TPSA) is 37.0 Å². The molecule has 5 nitrogen and oxygen atoms in total. The van der Waals surface area contributed by atoms with E-state index in [1.165, 1.54) is 0 Å². The average molecular weight is 448 g/mol. The summed E-state index contributed by atoms with van der Waals surface area (Å²) in [6, 6.07) is 24.7. The van der Waals surface area contributed by atoms with Crippen LogP contribution in [-0.2, 0) is 0 Å². The number of thiocarbonyl (C=S) groups is 1. The van der Waals surface area contributed by atoms with Crippen LogP contribution in [0, 0.1) is 0 Å². The number of nitrogens with zero attached hydrogens (tertiary/aromatic N) is 2. The maximum atomic E-state index is 5.81. The van der Waals surface area contributed by atoms with Gasteiger partial charge in [0, 0.05) is 26.2 Å². The summed E-state index contributed by atoms with van der Waals surface area (Å²) < 4.78 is 11.4. The van der Waals surface area contributed by atoms with Gasteiger partial charge in [0.2, 0.25) is 0 Å². The molecule has 0 unspecified atom stereocenters. The van der Waals surface area contributed by atoms with E-state index in [4.69, 9.17) is 21.7 Å². The van der Waals surface area contributed by atoms with Gasteiger partial charge in [-0.2, -0.15) is 0 Å². The highest BCUT2D eigenvalue weighted by Gasteiger charge is 2.22. The van der Waals surface area contributed by atoms with Crippen molar-refractivity contribution in [3.05, 3.63) is 72.8 Å². The zero-order chi connectivity index (χ0) is 22.3. The molecule has 0 aliphatic carbocycles. The summed E-state index contributed by atoms with van der Waals surface area (Å²) in [4.78, 5) is 4.57. The summed E-state index contributed by atoms with van der Waals surface area (Å²) >= 11 is 5.76. The molecule has 0 aromatic heterocycles. The lowest BCUT2D eigenvalue weighted by molar-refractivity contribution is 0.336. The van der Waals surface area contributed by atoms with Crippen LogP contribution in [0.5, 0.6) is 11.5 Å². The Labute approximate surface area is 195 Å². The first-order chi connectivity index (χ1) is 15.7. The monoisotopic (exact) mass is 447 g/mol. The zero-order valence-electron chi connectivity index (χ0n) is 18.6. The minimum Gasteiger partial charge on any atom is -0.495 e. The third-order valence-electron chi connectivity index (χ3n) is 5.62. The molecule has 1 saturated heterocycles. The number of nitrogens with one attached hydrogen (secondary N) is 1. The predicted octanol–water partition coefficient (Wildman–Crippen LogP) is 5.28. The Hall–Kier alpha value is -3.25. The highest BCUT2D eigenvalue weighted by Crippen LogP contribution is 2.32. The summed E-state index contributed by atoms with van der Waals surface area (Å²) in [6.07, 6.45) is 0. The minimum absolute atomic E-state index is 0.662. The van der Waals surface area contributed by atoms with Gasteiger partial charge in [-0.15, -0.1) is 0 Å². The maximum Gasteiger partial charge on any atom is 0.173 e. The van der Waals surface area contributed by atoms with E-state index in [2.05, 4.69) is 51.5 Å². The molecule has 3 aromatic carbocycles. The van der Waals surface area contributed by atoms with E-state index in [1.807, 2.05) is 43.3 Å². The first kappa shape index (κ1) is 22.0. The predicted molar refractivity (Wildman–Crippen MR) is 136 cm³/mol. The van der Waals surface area contributed by atoms with Gasteiger partial charge >= 0.3 is 0 Å². The van der Waals surface area contributed by atoms with Gasteiger partial charge in [-0.3, -0.25) is 0 Å². The van der Waals surface area contributed by atoms with E-state index in [9.17, 15) is 0 Å². The number of benzene rings is 3. The van der Waals surface area contributed by atoms with Crippen molar-refractivity contribution < 1.29 is 9.47 Å². The Morgan fingerprint density at radius 3 is 2.31 bits per heavy atom. The second-order valence-electron chi connectivity index (χ2n) is 7.59. The Kier molecular flexibility index (Phi) is 7.12. The molecule has 1 fully saturated rings. The van der Waals surface area contributed by atoms with Crippen molar-refractivity contribution >= 4 is 28.7 Å². The molecule has 0 saturated carbocycles. The van der Waals surface area contributed by atoms with Crippen molar-refractivity contribution in [3.63, 3.8) is 0 Å². The van der Waals surface area contributed by atoms with Gasteiger partial charge in [-0.05, 0) is 54.5 Å². The van der Waals surface area contributed by atoms with Gasteiger partial charge < -0.3 is 24.6 Å². The first-order valence-corrected chi connectivity index (χ1v) is 11.4. The van der Waals surface area contributed by atoms with Crippen molar-refractivity contribution in [1.82, 2.24) is 4.90 Å². The SMILES string of the molecule is CCOc1ccccc1N1CCN(C(=S)Nc2cc(-c3ccccc3)ccc2OC)CC1. The lowest BCUT2D eigenvalue weighted by atomic mass is 10.0. The van der Waals surface area contributed by atoms with Crippen LogP contribution in [0.4, 0.5) is 11.4 Å². The molecule has 32 heavy (non-hydrogen) atoms. The van der Waals surface area contributed by atoms with Crippen molar-refractivity contribution in [2.24, 2.45) is 0 Å². The van der Waals surface area contributed by atoms with Crippen LogP contribution in [-0.4, -0.2) is 49.9 Å². The second kappa shape index (κ2) is 10.4. The van der Waals surface area contributed by atoms with E-state index in [-0.39, 0.29) is 0 Å². The van der Waals surface area contributed by atoms with Crippen molar-refractivity contribution in [1.29, 1.82) is 0 Å². The molecular formula is C26H29N3O2S. The molecule has 1 aliphatic rings. The Balaban J connectivity index is 1.43. The third kappa shape index (κ3) is 4.97. The lowest BCUT2D eigenvalue weighted by Gasteiger charge is -2.38. The smallest absolute Gasteiger partial charge is 0.173 e. The summed E-state index contributed by atoms with van der Waals surface area (Å²) in [6.45, 7) is 6.12. The molecule has 1 heterocycles. The number of hydrogen-bond donors (Lipinski definition) is 1. The molecule has 0 amide bonds. The standard InChI is InChI=1S/C26H29N3O2S/c1-3-31-25-12-8-7-11-23(25)28-15-17-29(18-16-28)26(32)27-22-19-21(13-14-24(22)30-2)20-9-5-4-6-10-20/h4-14,19H,3,15-18H2,1-2H3,(H,27,32).